The minimum atomic E-state index is -4.70. The molecule has 0 saturated heterocycles. The first-order valence-corrected chi connectivity index (χ1v) is 12.5. The standard InChI is InChI=1S/C23H32ClFNO6P/c1-26(2)16-22(30-18-32-33(25,27)31-14-13-24)17-29-23-10-5-4-8-20(23)12-11-19-7-6-9-21(15-19)28-3/h4-10,15,22H,11-14,16-18H2,1-3H3. The first-order chi connectivity index (χ1) is 15.8. The number of ether oxygens (including phenoxy) is 3. The Morgan fingerprint density at radius 1 is 1.09 bits per heavy atom. The van der Waals surface area contributed by atoms with Crippen LogP contribution in [0, 0.1) is 0 Å². The van der Waals surface area contributed by atoms with Crippen LogP contribution < -0.4 is 9.47 Å². The second-order valence-corrected chi connectivity index (χ2v) is 9.28. The summed E-state index contributed by atoms with van der Waals surface area (Å²) in [4.78, 5) is 1.90. The Hall–Kier alpha value is -1.67. The Morgan fingerprint density at radius 2 is 1.88 bits per heavy atom. The number of para-hydroxylation sites is 1. The van der Waals surface area contributed by atoms with E-state index in [4.69, 9.17) is 25.8 Å². The van der Waals surface area contributed by atoms with Crippen LogP contribution in [0.2, 0.25) is 0 Å². The summed E-state index contributed by atoms with van der Waals surface area (Å²) in [5.74, 6) is 1.58. The van der Waals surface area contributed by atoms with Gasteiger partial charge in [-0.05, 0) is 56.3 Å². The Morgan fingerprint density at radius 3 is 2.61 bits per heavy atom. The van der Waals surface area contributed by atoms with E-state index in [0.717, 1.165) is 29.9 Å². The minimum Gasteiger partial charge on any atom is -0.497 e. The van der Waals surface area contributed by atoms with E-state index in [1.54, 1.807) is 7.11 Å². The van der Waals surface area contributed by atoms with Gasteiger partial charge in [0.2, 0.25) is 0 Å². The molecule has 0 amide bonds. The Bertz CT molecular complexity index is 888. The molecule has 0 radical (unpaired) electrons. The van der Waals surface area contributed by atoms with Crippen molar-refractivity contribution in [2.24, 2.45) is 0 Å². The number of methoxy groups -OCH3 is 1. The van der Waals surface area contributed by atoms with Gasteiger partial charge < -0.3 is 19.1 Å². The Kier molecular flexibility index (Phi) is 12.2. The molecule has 0 aliphatic rings. The lowest BCUT2D eigenvalue weighted by Gasteiger charge is -2.23. The van der Waals surface area contributed by atoms with Crippen LogP contribution in [0.15, 0.2) is 48.5 Å². The highest BCUT2D eigenvalue weighted by molar-refractivity contribution is 7.48. The maximum absolute atomic E-state index is 13.7. The van der Waals surface area contributed by atoms with Crippen LogP contribution >= 0.6 is 19.5 Å². The third-order valence-corrected chi connectivity index (χ3v) is 5.68. The zero-order chi connectivity index (χ0) is 24.1. The van der Waals surface area contributed by atoms with Crippen molar-refractivity contribution in [1.82, 2.24) is 4.90 Å². The maximum atomic E-state index is 13.7. The lowest BCUT2D eigenvalue weighted by atomic mass is 10.0. The number of aryl methyl sites for hydroxylation is 2. The highest BCUT2D eigenvalue weighted by Crippen LogP contribution is 2.49. The van der Waals surface area contributed by atoms with E-state index in [2.05, 4.69) is 15.1 Å². The summed E-state index contributed by atoms with van der Waals surface area (Å²) < 4.78 is 51.2. The molecule has 33 heavy (non-hydrogen) atoms. The number of hydrogen-bond acceptors (Lipinski definition) is 7. The monoisotopic (exact) mass is 503 g/mol. The lowest BCUT2D eigenvalue weighted by Crippen LogP contribution is -2.34. The topological polar surface area (TPSA) is 66.5 Å². The molecule has 2 unspecified atom stereocenters. The van der Waals surface area contributed by atoms with Gasteiger partial charge in [-0.25, -0.2) is 4.57 Å². The molecule has 2 atom stereocenters. The molecule has 0 spiro atoms. The van der Waals surface area contributed by atoms with Gasteiger partial charge in [-0.15, -0.1) is 15.8 Å². The van der Waals surface area contributed by atoms with Crippen LogP contribution in [0.3, 0.4) is 0 Å². The lowest BCUT2D eigenvalue weighted by molar-refractivity contribution is -0.0683. The number of rotatable bonds is 16. The van der Waals surface area contributed by atoms with Crippen LogP contribution in [-0.4, -0.2) is 64.6 Å². The van der Waals surface area contributed by atoms with Gasteiger partial charge in [0.05, 0.1) is 13.7 Å². The van der Waals surface area contributed by atoms with Gasteiger partial charge >= 0.3 is 7.91 Å². The fourth-order valence-corrected chi connectivity index (χ4v) is 3.83. The summed E-state index contributed by atoms with van der Waals surface area (Å²) in [7, 11) is 0.706. The van der Waals surface area contributed by atoms with Gasteiger partial charge in [0, 0.05) is 12.4 Å². The van der Waals surface area contributed by atoms with Crippen LogP contribution in [0.4, 0.5) is 4.20 Å². The van der Waals surface area contributed by atoms with E-state index in [0.29, 0.717) is 6.54 Å². The number of likely N-dealkylation sites (N-methyl/N-ethyl adjacent to an activating group) is 1. The van der Waals surface area contributed by atoms with Crippen molar-refractivity contribution in [2.45, 2.75) is 18.9 Å². The van der Waals surface area contributed by atoms with E-state index in [-0.39, 0.29) is 19.1 Å². The molecular formula is C23H32ClFNO6P. The fourth-order valence-electron chi connectivity index (χ4n) is 3.07. The number of alkyl halides is 1. The van der Waals surface area contributed by atoms with Crippen molar-refractivity contribution < 1.29 is 32.0 Å². The molecule has 0 aliphatic heterocycles. The molecule has 0 N–H and O–H groups in total. The van der Waals surface area contributed by atoms with Gasteiger partial charge in [0.25, 0.3) is 0 Å². The summed E-state index contributed by atoms with van der Waals surface area (Å²) in [5.41, 5.74) is 2.23. The molecule has 0 heterocycles. The van der Waals surface area contributed by atoms with Crippen molar-refractivity contribution >= 4 is 19.5 Å². The number of halogens is 2. The molecule has 0 aliphatic carbocycles. The van der Waals surface area contributed by atoms with Crippen molar-refractivity contribution in [3.05, 3.63) is 59.7 Å². The van der Waals surface area contributed by atoms with E-state index in [9.17, 15) is 8.76 Å². The van der Waals surface area contributed by atoms with E-state index in [1.807, 2.05) is 61.5 Å². The third kappa shape index (κ3) is 10.9. The number of hydrogen-bond donors (Lipinski definition) is 0. The normalized spacial score (nSPS) is 14.1. The van der Waals surface area contributed by atoms with Crippen molar-refractivity contribution in [2.75, 3.05) is 53.6 Å². The minimum absolute atomic E-state index is 0.00640. The number of benzene rings is 2. The van der Waals surface area contributed by atoms with E-state index in [1.165, 1.54) is 5.56 Å². The summed E-state index contributed by atoms with van der Waals surface area (Å²) in [5, 5.41) is 0. The zero-order valence-corrected chi connectivity index (χ0v) is 20.9. The average Bonchev–Trinajstić information content (AvgIpc) is 2.80. The van der Waals surface area contributed by atoms with E-state index < -0.39 is 20.8 Å². The Labute approximate surface area is 200 Å². The van der Waals surface area contributed by atoms with Crippen LogP contribution in [-0.2, 0) is 31.2 Å². The molecule has 2 aromatic rings. The molecule has 184 valence electrons. The van der Waals surface area contributed by atoms with Crippen molar-refractivity contribution in [3.63, 3.8) is 0 Å². The molecule has 0 aromatic heterocycles. The summed E-state index contributed by atoms with van der Waals surface area (Å²) >= 11 is 5.41. The van der Waals surface area contributed by atoms with Crippen LogP contribution in [0.1, 0.15) is 11.1 Å². The highest BCUT2D eigenvalue weighted by Gasteiger charge is 2.25. The predicted octanol–water partition coefficient (Wildman–Crippen LogP) is 5.11. The first-order valence-electron chi connectivity index (χ1n) is 10.6. The van der Waals surface area contributed by atoms with E-state index >= 15 is 0 Å². The van der Waals surface area contributed by atoms with Crippen molar-refractivity contribution in [1.29, 1.82) is 0 Å². The second kappa shape index (κ2) is 14.6. The zero-order valence-electron chi connectivity index (χ0n) is 19.2. The predicted molar refractivity (Wildman–Crippen MR) is 127 cm³/mol. The number of nitrogens with zero attached hydrogens (tertiary/aromatic N) is 1. The van der Waals surface area contributed by atoms with Gasteiger partial charge in [-0.2, -0.15) is 0 Å². The SMILES string of the molecule is COc1cccc(CCc2ccccc2OCC(CN(C)C)OCOP(=O)(F)OCCCl)c1. The molecule has 0 saturated carbocycles. The van der Waals surface area contributed by atoms with Crippen molar-refractivity contribution in [3.8, 4) is 11.5 Å². The van der Waals surface area contributed by atoms with Gasteiger partial charge in [-0.1, -0.05) is 30.3 Å². The van der Waals surface area contributed by atoms with Crippen LogP contribution in [0.25, 0.3) is 0 Å². The Balaban J connectivity index is 1.93. The second-order valence-electron chi connectivity index (χ2n) is 7.52. The molecule has 0 fully saturated rings. The smallest absolute Gasteiger partial charge is 0.497 e. The molecule has 7 nitrogen and oxygen atoms in total. The molecular weight excluding hydrogens is 472 g/mol. The van der Waals surface area contributed by atoms with Crippen LogP contribution in [0.5, 0.6) is 11.5 Å². The first kappa shape index (κ1) is 27.6. The highest BCUT2D eigenvalue weighted by atomic mass is 35.5. The van der Waals surface area contributed by atoms with Gasteiger partial charge in [-0.3, -0.25) is 9.05 Å². The maximum Gasteiger partial charge on any atom is 0.515 e. The molecule has 2 aromatic carbocycles. The average molecular weight is 504 g/mol. The molecule has 0 bridgehead atoms. The third-order valence-electron chi connectivity index (χ3n) is 4.62. The largest absolute Gasteiger partial charge is 0.515 e. The summed E-state index contributed by atoms with van der Waals surface area (Å²) in [6.07, 6.45) is 1.17. The van der Waals surface area contributed by atoms with Gasteiger partial charge in [0.15, 0.2) is 6.79 Å². The molecule has 10 heteroatoms. The molecule has 2 rings (SSSR count). The summed E-state index contributed by atoms with van der Waals surface area (Å²) in [6, 6.07) is 15.8. The quantitative estimate of drug-likeness (QED) is 0.179. The fraction of sp³-hybridized carbons (Fsp3) is 0.478. The summed E-state index contributed by atoms with van der Waals surface area (Å²) in [6.45, 7) is -0.0488. The van der Waals surface area contributed by atoms with Gasteiger partial charge in [0.1, 0.15) is 24.2 Å².